The number of H-pyrrole nitrogens is 1. The average molecular weight is 273 g/mol. The predicted molar refractivity (Wildman–Crippen MR) is 76.5 cm³/mol. The van der Waals surface area contributed by atoms with Gasteiger partial charge in [-0.05, 0) is 37.2 Å². The van der Waals surface area contributed by atoms with Crippen molar-refractivity contribution in [2.45, 2.75) is 26.4 Å². The Labute approximate surface area is 115 Å². The van der Waals surface area contributed by atoms with Gasteiger partial charge in [0.15, 0.2) is 10.4 Å². The van der Waals surface area contributed by atoms with E-state index in [0.29, 0.717) is 0 Å². The Morgan fingerprint density at radius 3 is 3.00 bits per heavy atom. The molecule has 0 spiro atoms. The summed E-state index contributed by atoms with van der Waals surface area (Å²) < 4.78 is 4.87. The van der Waals surface area contributed by atoms with Crippen LogP contribution in [-0.2, 0) is 13.1 Å². The first kappa shape index (κ1) is 12.1. The first-order valence-electron chi connectivity index (χ1n) is 6.25. The number of nitrogens with zero attached hydrogens (tertiary/aromatic N) is 4. The predicted octanol–water partition coefficient (Wildman–Crippen LogP) is 2.69. The summed E-state index contributed by atoms with van der Waals surface area (Å²) >= 11 is 5.37. The summed E-state index contributed by atoms with van der Waals surface area (Å²) in [6, 6.07) is 1.99. The van der Waals surface area contributed by atoms with Gasteiger partial charge in [0, 0.05) is 31.7 Å². The van der Waals surface area contributed by atoms with Crippen molar-refractivity contribution in [3.63, 3.8) is 0 Å². The molecule has 0 aromatic carbocycles. The minimum atomic E-state index is 0.738. The van der Waals surface area contributed by atoms with E-state index in [0.717, 1.165) is 35.4 Å². The van der Waals surface area contributed by atoms with E-state index in [1.54, 1.807) is 6.20 Å². The summed E-state index contributed by atoms with van der Waals surface area (Å²) in [4.78, 5) is 11.7. The highest BCUT2D eigenvalue weighted by atomic mass is 32.1. The van der Waals surface area contributed by atoms with Gasteiger partial charge in [0.1, 0.15) is 0 Å². The highest BCUT2D eigenvalue weighted by molar-refractivity contribution is 7.71. The fraction of sp³-hybridized carbons (Fsp3) is 0.308. The van der Waals surface area contributed by atoms with E-state index < -0.39 is 0 Å². The number of aromatic nitrogens is 5. The third-order valence-corrected chi connectivity index (χ3v) is 3.55. The lowest BCUT2D eigenvalue weighted by atomic mass is 10.3. The fourth-order valence-electron chi connectivity index (χ4n) is 2.21. The van der Waals surface area contributed by atoms with Crippen LogP contribution in [-0.4, -0.2) is 24.1 Å². The first-order valence-corrected chi connectivity index (χ1v) is 6.66. The second-order valence-electron chi connectivity index (χ2n) is 4.56. The number of hydrogen-bond donors (Lipinski definition) is 1. The third-order valence-electron chi connectivity index (χ3n) is 3.23. The normalized spacial score (nSPS) is 11.2. The van der Waals surface area contributed by atoms with E-state index in [-0.39, 0.29) is 0 Å². The Bertz CT molecular complexity index is 738. The molecule has 0 saturated heterocycles. The maximum atomic E-state index is 5.37. The monoisotopic (exact) mass is 273 g/mol. The number of fused-ring (bicyclic) bond motifs is 1. The molecule has 0 unspecified atom stereocenters. The molecule has 0 aliphatic rings. The fourth-order valence-corrected chi connectivity index (χ4v) is 2.49. The molecule has 3 rings (SSSR count). The molecule has 0 radical (unpaired) electrons. The summed E-state index contributed by atoms with van der Waals surface area (Å²) in [7, 11) is 0. The Hall–Kier alpha value is -1.95. The van der Waals surface area contributed by atoms with Crippen LogP contribution < -0.4 is 0 Å². The van der Waals surface area contributed by atoms with E-state index >= 15 is 0 Å². The minimum Gasteiger partial charge on any atom is -0.337 e. The Balaban J connectivity index is 1.83. The van der Waals surface area contributed by atoms with Gasteiger partial charge in [-0.15, -0.1) is 0 Å². The van der Waals surface area contributed by atoms with Gasteiger partial charge in [0.25, 0.3) is 0 Å². The van der Waals surface area contributed by atoms with Crippen molar-refractivity contribution >= 4 is 23.4 Å². The molecule has 0 atom stereocenters. The van der Waals surface area contributed by atoms with Gasteiger partial charge in [0.2, 0.25) is 0 Å². The summed E-state index contributed by atoms with van der Waals surface area (Å²) in [5.74, 6) is 0. The van der Waals surface area contributed by atoms with Crippen LogP contribution in [0.2, 0.25) is 0 Å². The van der Waals surface area contributed by atoms with Crippen LogP contribution in [0.5, 0.6) is 0 Å². The molecule has 5 nitrogen and oxygen atoms in total. The molecule has 19 heavy (non-hydrogen) atoms. The molecule has 6 heteroatoms. The molecule has 3 heterocycles. The van der Waals surface area contributed by atoms with Crippen molar-refractivity contribution in [1.82, 2.24) is 24.1 Å². The highest BCUT2D eigenvalue weighted by Gasteiger charge is 2.07. The van der Waals surface area contributed by atoms with Crippen LogP contribution in [0.4, 0.5) is 0 Å². The molecule has 3 aromatic heterocycles. The van der Waals surface area contributed by atoms with Gasteiger partial charge in [-0.25, -0.2) is 9.97 Å². The molecule has 98 valence electrons. The molecule has 0 bridgehead atoms. The molecule has 3 aromatic rings. The summed E-state index contributed by atoms with van der Waals surface area (Å²) in [5.41, 5.74) is 3.15. The Morgan fingerprint density at radius 2 is 2.21 bits per heavy atom. The largest absolute Gasteiger partial charge is 0.337 e. The smallest absolute Gasteiger partial charge is 0.179 e. The number of aryl methyl sites for hydroxylation is 3. The van der Waals surface area contributed by atoms with Crippen LogP contribution in [0, 0.1) is 11.7 Å². The quantitative estimate of drug-likeness (QED) is 0.744. The SMILES string of the molecule is Cc1ccnc2c1[nH]c(=S)n2CCCn1ccnc1. The van der Waals surface area contributed by atoms with Crippen molar-refractivity contribution in [1.29, 1.82) is 0 Å². The number of imidazole rings is 2. The van der Waals surface area contributed by atoms with Gasteiger partial charge in [0.05, 0.1) is 11.8 Å². The number of nitrogens with one attached hydrogen (secondary N) is 1. The van der Waals surface area contributed by atoms with E-state index in [4.69, 9.17) is 12.2 Å². The van der Waals surface area contributed by atoms with Gasteiger partial charge >= 0.3 is 0 Å². The van der Waals surface area contributed by atoms with Crippen LogP contribution in [0.25, 0.3) is 11.2 Å². The number of rotatable bonds is 4. The molecular weight excluding hydrogens is 258 g/mol. The molecule has 0 fully saturated rings. The zero-order chi connectivity index (χ0) is 13.2. The maximum absolute atomic E-state index is 5.37. The highest BCUT2D eigenvalue weighted by Crippen LogP contribution is 2.15. The molecule has 0 aliphatic heterocycles. The second-order valence-corrected chi connectivity index (χ2v) is 4.95. The maximum Gasteiger partial charge on any atom is 0.179 e. The van der Waals surface area contributed by atoms with Crippen LogP contribution in [0.3, 0.4) is 0 Å². The van der Waals surface area contributed by atoms with Gasteiger partial charge in [-0.3, -0.25) is 0 Å². The van der Waals surface area contributed by atoms with E-state index in [9.17, 15) is 0 Å². The lowest BCUT2D eigenvalue weighted by molar-refractivity contribution is 0.566. The number of hydrogen-bond acceptors (Lipinski definition) is 3. The molecular formula is C13H15N5S. The van der Waals surface area contributed by atoms with Crippen molar-refractivity contribution in [2.75, 3.05) is 0 Å². The standard InChI is InChI=1S/C13H15N5S/c1-10-3-4-15-12-11(10)16-13(19)18(12)7-2-6-17-8-5-14-9-17/h3-5,8-9H,2,6-7H2,1H3,(H,16,19). The summed E-state index contributed by atoms with van der Waals surface area (Å²) in [6.07, 6.45) is 8.41. The Kier molecular flexibility index (Phi) is 3.16. The van der Waals surface area contributed by atoms with E-state index in [2.05, 4.69) is 31.0 Å². The number of pyridine rings is 1. The zero-order valence-electron chi connectivity index (χ0n) is 10.7. The number of aromatic amines is 1. The molecule has 0 aliphatic carbocycles. The van der Waals surface area contributed by atoms with E-state index in [1.165, 1.54) is 5.56 Å². The van der Waals surface area contributed by atoms with Crippen LogP contribution in [0.1, 0.15) is 12.0 Å². The first-order chi connectivity index (χ1) is 9.25. The van der Waals surface area contributed by atoms with Gasteiger partial charge in [-0.2, -0.15) is 0 Å². The van der Waals surface area contributed by atoms with Gasteiger partial charge in [-0.1, -0.05) is 0 Å². The lowest BCUT2D eigenvalue weighted by Crippen LogP contribution is -2.03. The summed E-state index contributed by atoms with van der Waals surface area (Å²) in [6.45, 7) is 3.85. The zero-order valence-corrected chi connectivity index (χ0v) is 11.5. The second kappa shape index (κ2) is 4.97. The van der Waals surface area contributed by atoms with Gasteiger partial charge < -0.3 is 14.1 Å². The van der Waals surface area contributed by atoms with Crippen LogP contribution in [0.15, 0.2) is 31.0 Å². The average Bonchev–Trinajstić information content (AvgIpc) is 3.00. The molecule has 1 N–H and O–H groups in total. The molecule has 0 saturated carbocycles. The van der Waals surface area contributed by atoms with Crippen molar-refractivity contribution < 1.29 is 0 Å². The topological polar surface area (TPSA) is 51.4 Å². The lowest BCUT2D eigenvalue weighted by Gasteiger charge is -2.05. The summed E-state index contributed by atoms with van der Waals surface area (Å²) in [5, 5.41) is 0. The minimum absolute atomic E-state index is 0.738. The third kappa shape index (κ3) is 2.31. The van der Waals surface area contributed by atoms with Crippen molar-refractivity contribution in [2.24, 2.45) is 0 Å². The van der Waals surface area contributed by atoms with Crippen molar-refractivity contribution in [3.05, 3.63) is 41.3 Å². The Morgan fingerprint density at radius 1 is 1.32 bits per heavy atom. The van der Waals surface area contributed by atoms with E-state index in [1.807, 2.05) is 24.8 Å². The van der Waals surface area contributed by atoms with Crippen molar-refractivity contribution in [3.8, 4) is 0 Å². The van der Waals surface area contributed by atoms with Crippen LogP contribution >= 0.6 is 12.2 Å². The molecule has 0 amide bonds.